The monoisotopic (exact) mass is 713 g/mol. The lowest BCUT2D eigenvalue weighted by Gasteiger charge is -2.52. The first kappa shape index (κ1) is 38.1. The number of ether oxygens (including phenoxy) is 5. The topological polar surface area (TPSA) is 258 Å². The van der Waals surface area contributed by atoms with Gasteiger partial charge in [0.25, 0.3) is 0 Å². The molecule has 6 aliphatic rings. The molecule has 5 fully saturated rings. The third-order valence-electron chi connectivity index (χ3n) is 11.9. The smallest absolute Gasteiger partial charge is 0.301 e. The summed E-state index contributed by atoms with van der Waals surface area (Å²) in [5.41, 5.74) is -2.56. The van der Waals surface area contributed by atoms with E-state index >= 15 is 0 Å². The van der Waals surface area contributed by atoms with Gasteiger partial charge >= 0.3 is 6.21 Å². The molecule has 0 bridgehead atoms. The molecular weight excluding hydrogens is 660 g/mol. The predicted molar refractivity (Wildman–Crippen MR) is 170 cm³/mol. The number of carbonyl (C=O) groups excluding carboxylic acids is 1. The third-order valence-corrected chi connectivity index (χ3v) is 11.9. The molecule has 6 rings (SSSR count). The maximum Gasteiger partial charge on any atom is 0.301 e. The van der Waals surface area contributed by atoms with Crippen LogP contribution in [0, 0.1) is 30.5 Å². The summed E-state index contributed by atoms with van der Waals surface area (Å²) in [7, 11) is 1.70. The lowest BCUT2D eigenvalue weighted by molar-refractivity contribution is -0.387. The highest BCUT2D eigenvalue weighted by atomic mass is 16.7. The summed E-state index contributed by atoms with van der Waals surface area (Å²) in [5.74, 6) is -4.17. The van der Waals surface area contributed by atoms with Gasteiger partial charge in [-0.15, -0.1) is 0 Å². The van der Waals surface area contributed by atoms with Gasteiger partial charge in [-0.2, -0.15) is 0 Å². The molecule has 282 valence electrons. The number of aliphatic carboxylic acids is 1. The average Bonchev–Trinajstić information content (AvgIpc) is 3.59. The van der Waals surface area contributed by atoms with E-state index in [0.29, 0.717) is 19.3 Å². The standard InChI is InChI=1S/C34H52N2O14/c1-46-20-6-4-18(5-7-20)22-11-21(38)25-23(47-22)12-24(28(26(25)39)50-33(44)9-2-3-17(13-33)8-10-37)48-32-27(40)29(41)34(45,30(49-32)31(42)43)14-19-15-35-16-36-19/h15-18,20-30,32,37-41,44-45H,2-14H2,1H3/p+1/t17-,18?,20?,21?,22?,23?,24?,25?,26?,27-,28?,29+,30-,32+,33-,34+/m1/s1. The number of carboxylic acid groups (broad SMARTS) is 1. The van der Waals surface area contributed by atoms with Crippen LogP contribution in [0.2, 0.25) is 0 Å². The molecule has 16 heteroatoms. The minimum Gasteiger partial charge on any atom is -0.547 e. The Bertz CT molecular complexity index is 1170. The quantitative estimate of drug-likeness (QED) is 0.0700. The van der Waals surface area contributed by atoms with Gasteiger partial charge in [0.2, 0.25) is 0 Å². The Morgan fingerprint density at radius 2 is 1.88 bits per heavy atom. The number of nitrogens with zero attached hydrogens (tertiary/aromatic N) is 2. The van der Waals surface area contributed by atoms with Crippen molar-refractivity contribution < 1.29 is 69.3 Å². The van der Waals surface area contributed by atoms with Crippen LogP contribution in [0.4, 0.5) is 0 Å². The summed E-state index contributed by atoms with van der Waals surface area (Å²) in [5, 5.41) is 94.5. The number of methoxy groups -OCH3 is 1. The van der Waals surface area contributed by atoms with Crippen molar-refractivity contribution in [3.05, 3.63) is 18.0 Å². The lowest BCUT2D eigenvalue weighted by atomic mass is 9.71. The number of rotatable bonds is 11. The van der Waals surface area contributed by atoms with Crippen molar-refractivity contribution in [1.29, 1.82) is 0 Å². The minimum absolute atomic E-state index is 0.0388. The number of aliphatic hydroxyl groups excluding tert-OH is 5. The van der Waals surface area contributed by atoms with Crippen LogP contribution in [0.5, 0.6) is 0 Å². The molecule has 7 unspecified atom stereocenters. The number of carbonyl (C=O) groups is 1. The van der Waals surface area contributed by atoms with Gasteiger partial charge in [-0.05, 0) is 50.9 Å². The maximum absolute atomic E-state index is 12.3. The average molecular weight is 714 g/mol. The summed E-state index contributed by atoms with van der Waals surface area (Å²) in [6.45, 7) is 1.12. The summed E-state index contributed by atoms with van der Waals surface area (Å²) in [4.78, 5) is 16.1. The van der Waals surface area contributed by atoms with Crippen molar-refractivity contribution in [2.45, 2.75) is 156 Å². The molecule has 0 aromatic heterocycles. The second kappa shape index (κ2) is 15.8. The number of carboxylic acids is 1. The largest absolute Gasteiger partial charge is 0.547 e. The molecule has 3 saturated carbocycles. The molecule has 0 aromatic rings. The van der Waals surface area contributed by atoms with E-state index in [1.54, 1.807) is 7.11 Å². The third kappa shape index (κ3) is 7.83. The van der Waals surface area contributed by atoms with Gasteiger partial charge in [-0.3, -0.25) is 5.32 Å². The SMILES string of the molecule is COC1CCC(C2CC(O)C3C(CC(O[C@H]4O[C@H](C(=O)[O-])[C@](O)(C[C+]5C=N[CH+][N-]5)[C@@H](O)[C@H]4O)C(O[C@]4(O)CCC[C@H](CCO)C4)C3O)[OH+]2)CC1. The van der Waals surface area contributed by atoms with E-state index < -0.39 is 84.8 Å². The van der Waals surface area contributed by atoms with Gasteiger partial charge < -0.3 is 69.3 Å². The summed E-state index contributed by atoms with van der Waals surface area (Å²) in [6, 6.07) is 0.144. The highest BCUT2D eigenvalue weighted by Gasteiger charge is 2.62. The molecular formula is C34H53N2O14+. The van der Waals surface area contributed by atoms with E-state index in [9.17, 15) is 45.6 Å². The van der Waals surface area contributed by atoms with Crippen LogP contribution in [0.25, 0.3) is 5.32 Å². The fourth-order valence-corrected chi connectivity index (χ4v) is 9.28. The van der Waals surface area contributed by atoms with Gasteiger partial charge in [-0.25, -0.2) is 0 Å². The van der Waals surface area contributed by atoms with Crippen LogP contribution < -0.4 is 5.11 Å². The van der Waals surface area contributed by atoms with Crippen molar-refractivity contribution in [1.82, 2.24) is 0 Å². The zero-order valence-electron chi connectivity index (χ0n) is 28.4. The molecule has 50 heavy (non-hydrogen) atoms. The normalized spacial score (nSPS) is 48.2. The van der Waals surface area contributed by atoms with Crippen LogP contribution in [-0.2, 0) is 23.7 Å². The van der Waals surface area contributed by atoms with Crippen LogP contribution >= 0.6 is 0 Å². The molecule has 3 aliphatic carbocycles. The second-order valence-corrected chi connectivity index (χ2v) is 15.2. The molecule has 8 N–H and O–H groups in total. The van der Waals surface area contributed by atoms with Crippen molar-refractivity contribution in [3.8, 4) is 0 Å². The van der Waals surface area contributed by atoms with Crippen molar-refractivity contribution in [2.75, 3.05) is 13.7 Å². The van der Waals surface area contributed by atoms with E-state index in [1.807, 2.05) is 0 Å². The van der Waals surface area contributed by atoms with Gasteiger partial charge in [0.1, 0.15) is 30.8 Å². The highest BCUT2D eigenvalue weighted by molar-refractivity contribution is 5.82. The molecule has 0 radical (unpaired) electrons. The summed E-state index contributed by atoms with van der Waals surface area (Å²) in [6.07, 6.45) is -6.62. The molecule has 3 aliphatic heterocycles. The summed E-state index contributed by atoms with van der Waals surface area (Å²) >= 11 is 0. The molecule has 2 saturated heterocycles. The van der Waals surface area contributed by atoms with Crippen LogP contribution in [0.1, 0.15) is 77.0 Å². The Hall–Kier alpha value is -1.64. The number of hydrogen-bond donors (Lipinski definition) is 7. The Morgan fingerprint density at radius 1 is 1.12 bits per heavy atom. The van der Waals surface area contributed by atoms with Crippen molar-refractivity contribution >= 4 is 12.2 Å². The van der Waals surface area contributed by atoms with E-state index in [1.165, 1.54) is 12.9 Å². The molecule has 16 nitrogen and oxygen atoms in total. The van der Waals surface area contributed by atoms with E-state index in [4.69, 9.17) is 23.7 Å². The summed E-state index contributed by atoms with van der Waals surface area (Å²) < 4.78 is 28.8. The Balaban J connectivity index is 1.24. The first-order valence-corrected chi connectivity index (χ1v) is 18.0. The van der Waals surface area contributed by atoms with Crippen LogP contribution in [0.3, 0.4) is 0 Å². The zero-order valence-corrected chi connectivity index (χ0v) is 28.4. The van der Waals surface area contributed by atoms with Gasteiger partial charge in [0.05, 0.1) is 43.0 Å². The number of aliphatic hydroxyl groups is 9. The number of aliphatic imine (C=N–C) groups is 1. The molecule has 0 spiro atoms. The van der Waals surface area contributed by atoms with E-state index in [-0.39, 0.29) is 56.0 Å². The second-order valence-electron chi connectivity index (χ2n) is 15.2. The Morgan fingerprint density at radius 3 is 2.54 bits per heavy atom. The number of fused-ring (bicyclic) bond motifs is 1. The Kier molecular flexibility index (Phi) is 12.0. The van der Waals surface area contributed by atoms with Crippen LogP contribution in [0.15, 0.2) is 4.99 Å². The van der Waals surface area contributed by atoms with Gasteiger partial charge in [-0.1, -0.05) is 4.99 Å². The minimum atomic E-state index is -2.56. The number of hydrogen-bond acceptors (Lipinski definition) is 14. The fourth-order valence-electron chi connectivity index (χ4n) is 9.28. The maximum atomic E-state index is 12.3. The van der Waals surface area contributed by atoms with Gasteiger partial charge in [0.15, 0.2) is 35.9 Å². The van der Waals surface area contributed by atoms with Crippen molar-refractivity contribution in [2.24, 2.45) is 22.7 Å². The zero-order chi connectivity index (χ0) is 35.8. The Labute approximate surface area is 291 Å². The fraction of sp³-hybridized carbons (Fsp3) is 0.882. The first-order valence-electron chi connectivity index (χ1n) is 18.0. The molecule has 14 atom stereocenters. The predicted octanol–water partition coefficient (Wildman–Crippen LogP) is -1.94. The first-order chi connectivity index (χ1) is 23.9. The van der Waals surface area contributed by atoms with E-state index in [2.05, 4.69) is 10.3 Å². The molecule has 0 amide bonds. The lowest BCUT2D eigenvalue weighted by Crippen LogP contribution is -2.71. The van der Waals surface area contributed by atoms with Crippen molar-refractivity contribution in [3.63, 3.8) is 0 Å². The highest BCUT2D eigenvalue weighted by Crippen LogP contribution is 2.46. The van der Waals surface area contributed by atoms with Gasteiger partial charge in [0, 0.05) is 45.3 Å². The van der Waals surface area contributed by atoms with E-state index in [0.717, 1.165) is 32.1 Å². The molecule has 0 aromatic carbocycles. The molecule has 3 heterocycles. The van der Waals surface area contributed by atoms with Crippen LogP contribution in [-0.4, -0.2) is 145 Å².